The first kappa shape index (κ1) is 19.4. The predicted octanol–water partition coefficient (Wildman–Crippen LogP) is 10.9. The van der Waals surface area contributed by atoms with Crippen LogP contribution in [0.3, 0.4) is 0 Å². The maximum Gasteiger partial charge on any atom is 0.0564 e. The Hall–Kier alpha value is -3.84. The largest absolute Gasteiger partial charge is 0.0830 e. The van der Waals surface area contributed by atoms with Crippen LogP contribution in [-0.2, 0) is 0 Å². The lowest BCUT2D eigenvalue weighted by molar-refractivity contribution is 1.73. The van der Waals surface area contributed by atoms with E-state index in [-0.39, 0.29) is 0 Å². The molecule has 2 aliphatic rings. The van der Waals surface area contributed by atoms with Gasteiger partial charge in [0.2, 0.25) is 0 Å². The molecule has 0 unspecified atom stereocenters. The van der Waals surface area contributed by atoms with Crippen molar-refractivity contribution < 1.29 is 0 Å². The highest BCUT2D eigenvalue weighted by Gasteiger charge is 2.26. The molecule has 0 atom stereocenters. The molecular formula is C34H16Cl2. The average Bonchev–Trinajstić information content (AvgIpc) is 3.41. The Labute approximate surface area is 217 Å². The smallest absolute Gasteiger partial charge is 0.0564 e. The lowest BCUT2D eigenvalue weighted by atomic mass is 9.93. The number of hydrogen-bond donors (Lipinski definition) is 0. The summed E-state index contributed by atoms with van der Waals surface area (Å²) in [6, 6.07) is 35.1. The molecule has 0 fully saturated rings. The Morgan fingerprint density at radius 2 is 0.611 bits per heavy atom. The van der Waals surface area contributed by atoms with Crippen LogP contribution in [-0.4, -0.2) is 0 Å². The van der Waals surface area contributed by atoms with Crippen molar-refractivity contribution in [3.63, 3.8) is 0 Å². The molecule has 2 heteroatoms. The van der Waals surface area contributed by atoms with E-state index in [2.05, 4.69) is 97.1 Å². The summed E-state index contributed by atoms with van der Waals surface area (Å²) in [5, 5.41) is 10.7. The fraction of sp³-hybridized carbons (Fsp3) is 0. The normalized spacial score (nSPS) is 12.7. The quantitative estimate of drug-likeness (QED) is 0.184. The molecule has 7 aromatic rings. The third kappa shape index (κ3) is 2.19. The van der Waals surface area contributed by atoms with Gasteiger partial charge in [0.25, 0.3) is 0 Å². The summed E-state index contributed by atoms with van der Waals surface area (Å²) in [4.78, 5) is 0. The highest BCUT2D eigenvalue weighted by Crippen LogP contribution is 2.54. The van der Waals surface area contributed by atoms with E-state index in [0.29, 0.717) is 0 Å². The van der Waals surface area contributed by atoms with Gasteiger partial charge in [-0.15, -0.1) is 0 Å². The fourth-order valence-electron chi connectivity index (χ4n) is 6.69. The molecule has 9 rings (SSSR count). The van der Waals surface area contributed by atoms with E-state index in [9.17, 15) is 0 Å². The van der Waals surface area contributed by atoms with Crippen LogP contribution in [0.5, 0.6) is 0 Å². The highest BCUT2D eigenvalue weighted by molar-refractivity contribution is 6.48. The Bertz CT molecular complexity index is 1870. The first-order valence-corrected chi connectivity index (χ1v) is 12.9. The zero-order valence-electron chi connectivity index (χ0n) is 19.0. The van der Waals surface area contributed by atoms with E-state index < -0.39 is 0 Å². The topological polar surface area (TPSA) is 0 Å². The fourth-order valence-corrected chi connectivity index (χ4v) is 7.31. The number of benzene rings is 7. The molecule has 0 aromatic heterocycles. The van der Waals surface area contributed by atoms with Crippen LogP contribution in [0.25, 0.3) is 87.6 Å². The summed E-state index contributed by atoms with van der Waals surface area (Å²) < 4.78 is 0. The van der Waals surface area contributed by atoms with Gasteiger partial charge in [-0.1, -0.05) is 96.0 Å². The summed E-state index contributed by atoms with van der Waals surface area (Å²) in [7, 11) is 0. The van der Waals surface area contributed by atoms with Crippen LogP contribution in [0, 0.1) is 0 Å². The van der Waals surface area contributed by atoms with Crippen LogP contribution in [0.4, 0.5) is 0 Å². The molecule has 0 spiro atoms. The van der Waals surface area contributed by atoms with E-state index >= 15 is 0 Å². The van der Waals surface area contributed by atoms with Crippen molar-refractivity contribution in [2.75, 3.05) is 0 Å². The van der Waals surface area contributed by atoms with Gasteiger partial charge < -0.3 is 0 Å². The van der Waals surface area contributed by atoms with Gasteiger partial charge in [0.1, 0.15) is 0 Å². The molecule has 0 aliphatic heterocycles. The standard InChI is InChI=1S/C34H16Cl2/c35-33-27-13-23-19-9-1-5-17-6-2-10-20(31(17)19)24(23)14-28(27)34(36)30-16-26-22-12-4-8-18-7-3-11-21(32(18)22)25(26)15-29(30)33/h1-16H. The maximum atomic E-state index is 7.22. The predicted molar refractivity (Wildman–Crippen MR) is 155 cm³/mol. The SMILES string of the molecule is Clc1c2cc3c(cc2c(Cl)c2cc4c(cc12)-c1cccc2cccc-4c12)-c1cccc2cccc-3c12. The van der Waals surface area contributed by atoms with Crippen LogP contribution < -0.4 is 0 Å². The van der Waals surface area contributed by atoms with Gasteiger partial charge in [-0.25, -0.2) is 0 Å². The zero-order chi connectivity index (χ0) is 23.7. The number of hydrogen-bond acceptors (Lipinski definition) is 0. The zero-order valence-corrected chi connectivity index (χ0v) is 20.5. The molecule has 0 heterocycles. The molecule has 0 saturated heterocycles. The summed E-state index contributed by atoms with van der Waals surface area (Å²) in [6.07, 6.45) is 0. The second-order valence-electron chi connectivity index (χ2n) is 9.93. The summed E-state index contributed by atoms with van der Waals surface area (Å²) in [5.74, 6) is 0. The number of rotatable bonds is 0. The van der Waals surface area contributed by atoms with Gasteiger partial charge in [-0.3, -0.25) is 0 Å². The van der Waals surface area contributed by atoms with E-state index in [1.165, 1.54) is 66.1 Å². The molecular weight excluding hydrogens is 479 g/mol. The average molecular weight is 495 g/mol. The first-order chi connectivity index (χ1) is 17.7. The minimum absolute atomic E-state index is 0.765. The Morgan fingerprint density at radius 3 is 0.889 bits per heavy atom. The van der Waals surface area contributed by atoms with Crippen LogP contribution in [0.1, 0.15) is 0 Å². The van der Waals surface area contributed by atoms with Crippen molar-refractivity contribution in [3.05, 3.63) is 107 Å². The van der Waals surface area contributed by atoms with Gasteiger partial charge in [0.05, 0.1) is 10.0 Å². The van der Waals surface area contributed by atoms with Gasteiger partial charge in [0.15, 0.2) is 0 Å². The molecule has 0 saturated carbocycles. The van der Waals surface area contributed by atoms with Crippen molar-refractivity contribution in [2.24, 2.45) is 0 Å². The maximum absolute atomic E-state index is 7.22. The third-order valence-electron chi connectivity index (χ3n) is 8.23. The third-order valence-corrected chi connectivity index (χ3v) is 9.05. The first-order valence-electron chi connectivity index (χ1n) is 12.2. The van der Waals surface area contributed by atoms with Gasteiger partial charge in [-0.05, 0) is 90.3 Å². The van der Waals surface area contributed by atoms with E-state index in [1.807, 2.05) is 0 Å². The second kappa shape index (κ2) is 6.48. The van der Waals surface area contributed by atoms with Crippen molar-refractivity contribution in [1.29, 1.82) is 0 Å². The minimum atomic E-state index is 0.765. The van der Waals surface area contributed by atoms with E-state index in [0.717, 1.165) is 31.6 Å². The van der Waals surface area contributed by atoms with E-state index in [4.69, 9.17) is 23.2 Å². The molecule has 0 radical (unpaired) electrons. The Morgan fingerprint density at radius 1 is 0.333 bits per heavy atom. The number of fused-ring (bicyclic) bond motifs is 8. The molecule has 36 heavy (non-hydrogen) atoms. The summed E-state index contributed by atoms with van der Waals surface area (Å²) >= 11 is 14.4. The Balaban J connectivity index is 1.41. The van der Waals surface area contributed by atoms with Crippen LogP contribution in [0.2, 0.25) is 10.0 Å². The van der Waals surface area contributed by atoms with Crippen LogP contribution >= 0.6 is 23.2 Å². The lowest BCUT2D eigenvalue weighted by Crippen LogP contribution is -1.87. The summed E-state index contributed by atoms with van der Waals surface area (Å²) in [6.45, 7) is 0. The van der Waals surface area contributed by atoms with Gasteiger partial charge in [-0.2, -0.15) is 0 Å². The van der Waals surface area contributed by atoms with Crippen molar-refractivity contribution in [3.8, 4) is 44.5 Å². The second-order valence-corrected chi connectivity index (χ2v) is 10.7. The Kier molecular flexibility index (Phi) is 3.48. The molecule has 0 N–H and O–H groups in total. The lowest BCUT2D eigenvalue weighted by Gasteiger charge is -2.14. The van der Waals surface area contributed by atoms with Gasteiger partial charge >= 0.3 is 0 Å². The van der Waals surface area contributed by atoms with Crippen molar-refractivity contribution in [2.45, 2.75) is 0 Å². The van der Waals surface area contributed by atoms with Gasteiger partial charge in [0, 0.05) is 21.5 Å². The molecule has 0 amide bonds. The molecule has 166 valence electrons. The summed E-state index contributed by atoms with van der Waals surface area (Å²) in [5.41, 5.74) is 9.98. The molecule has 7 aromatic carbocycles. The van der Waals surface area contributed by atoms with Crippen molar-refractivity contribution in [1.82, 2.24) is 0 Å². The number of halogens is 2. The van der Waals surface area contributed by atoms with E-state index in [1.54, 1.807) is 0 Å². The van der Waals surface area contributed by atoms with Crippen LogP contribution in [0.15, 0.2) is 97.1 Å². The highest BCUT2D eigenvalue weighted by atomic mass is 35.5. The molecule has 2 aliphatic carbocycles. The monoisotopic (exact) mass is 494 g/mol. The molecule has 0 bridgehead atoms. The molecule has 0 nitrogen and oxygen atoms in total. The minimum Gasteiger partial charge on any atom is -0.0830 e. The van der Waals surface area contributed by atoms with Crippen molar-refractivity contribution >= 4 is 66.3 Å².